The average Bonchev–Trinajstić information content (AvgIpc) is 3.02. The van der Waals surface area contributed by atoms with E-state index < -0.39 is 5.91 Å². The number of nitrogens with one attached hydrogen (secondary N) is 3. The first-order valence-electron chi connectivity index (χ1n) is 14.0. The monoisotopic (exact) mass is 627 g/mol. The maximum absolute atomic E-state index is 13.4. The summed E-state index contributed by atoms with van der Waals surface area (Å²) in [6.45, 7) is 6.08. The normalized spacial score (nSPS) is 11.2. The molecule has 4 rings (SSSR count). The van der Waals surface area contributed by atoms with Crippen molar-refractivity contribution in [3.63, 3.8) is 0 Å². The molecule has 226 valence electrons. The number of hydrogen-bond donors (Lipinski definition) is 3. The number of carbonyl (C=O) groups is 3. The molecular weight excluding hydrogens is 594 g/mol. The van der Waals surface area contributed by atoms with Gasteiger partial charge in [0, 0.05) is 27.2 Å². The Morgan fingerprint density at radius 3 is 2.23 bits per heavy atom. The lowest BCUT2D eigenvalue weighted by Gasteiger charge is -2.13. The smallest absolute Gasteiger partial charge is 0.272 e. The maximum atomic E-state index is 13.4. The van der Waals surface area contributed by atoms with Crippen LogP contribution in [-0.4, -0.2) is 30.6 Å². The highest BCUT2D eigenvalue weighted by atomic mass is 35.5. The molecule has 0 fully saturated rings. The molecule has 0 aliphatic rings. The summed E-state index contributed by atoms with van der Waals surface area (Å²) in [6.07, 6.45) is 1.65. The van der Waals surface area contributed by atoms with Crippen molar-refractivity contribution in [2.24, 2.45) is 0 Å². The van der Waals surface area contributed by atoms with E-state index in [1.165, 1.54) is 24.4 Å². The molecule has 3 amide bonds. The standard InChI is InChI=1S/C35H34ClN3O4S/c1-22(2)25-12-10-24(11-13-25)19-31(39-34(41)26-8-6-5-7-9-26)35(42)37-27-14-16-28(17-15-27)44-21-33(40)38-30-18-23(3)29(36)20-32(30)43-4/h5-20,22H,21H2,1-4H3,(H,37,42)(H,38,40)(H,39,41)/b31-19-. The molecule has 0 bridgehead atoms. The van der Waals surface area contributed by atoms with Gasteiger partial charge in [0.1, 0.15) is 11.4 Å². The SMILES string of the molecule is COc1cc(Cl)c(C)cc1NC(=O)CSc1ccc(NC(=O)/C(=C/c2ccc(C(C)C)cc2)NC(=O)c2ccccc2)cc1. The molecular formula is C35H34ClN3O4S. The van der Waals surface area contributed by atoms with Gasteiger partial charge in [-0.1, -0.05) is 67.9 Å². The summed E-state index contributed by atoms with van der Waals surface area (Å²) in [5.74, 6) is -0.0145. The molecule has 0 aromatic heterocycles. The van der Waals surface area contributed by atoms with Crippen molar-refractivity contribution in [2.45, 2.75) is 31.6 Å². The first-order valence-corrected chi connectivity index (χ1v) is 15.4. The summed E-state index contributed by atoms with van der Waals surface area (Å²) >= 11 is 7.51. The first-order chi connectivity index (χ1) is 21.1. The Balaban J connectivity index is 1.42. The number of ether oxygens (including phenoxy) is 1. The summed E-state index contributed by atoms with van der Waals surface area (Å²) < 4.78 is 5.33. The predicted molar refractivity (Wildman–Crippen MR) is 180 cm³/mol. The second kappa shape index (κ2) is 15.3. The Kier molecular flexibility index (Phi) is 11.2. The van der Waals surface area contributed by atoms with E-state index in [0.717, 1.165) is 16.0 Å². The van der Waals surface area contributed by atoms with Gasteiger partial charge in [0.2, 0.25) is 5.91 Å². The Bertz CT molecular complexity index is 1650. The van der Waals surface area contributed by atoms with Crippen molar-refractivity contribution in [3.05, 3.63) is 124 Å². The Hall–Kier alpha value is -4.53. The molecule has 0 spiro atoms. The topological polar surface area (TPSA) is 96.5 Å². The third-order valence-corrected chi connectivity index (χ3v) is 8.10. The number of rotatable bonds is 11. The van der Waals surface area contributed by atoms with Crippen LogP contribution in [0.1, 0.15) is 46.8 Å². The van der Waals surface area contributed by atoms with Gasteiger partial charge in [-0.3, -0.25) is 14.4 Å². The van der Waals surface area contributed by atoms with Gasteiger partial charge in [0.15, 0.2) is 0 Å². The van der Waals surface area contributed by atoms with Crippen LogP contribution in [0.2, 0.25) is 5.02 Å². The van der Waals surface area contributed by atoms with Crippen LogP contribution < -0.4 is 20.7 Å². The number of benzene rings is 4. The summed E-state index contributed by atoms with van der Waals surface area (Å²) in [5.41, 5.74) is 4.43. The highest BCUT2D eigenvalue weighted by molar-refractivity contribution is 8.00. The fourth-order valence-corrected chi connectivity index (χ4v) is 5.04. The lowest BCUT2D eigenvalue weighted by molar-refractivity contribution is -0.114. The maximum Gasteiger partial charge on any atom is 0.272 e. The van der Waals surface area contributed by atoms with Crippen molar-refractivity contribution < 1.29 is 19.1 Å². The minimum absolute atomic E-state index is 0.110. The first kappa shape index (κ1) is 32.4. The van der Waals surface area contributed by atoms with E-state index in [4.69, 9.17) is 16.3 Å². The van der Waals surface area contributed by atoms with Gasteiger partial charge in [-0.05, 0) is 78.1 Å². The molecule has 0 aliphatic heterocycles. The molecule has 0 aliphatic carbocycles. The molecule has 0 saturated heterocycles. The summed E-state index contributed by atoms with van der Waals surface area (Å²) in [7, 11) is 1.52. The number of methoxy groups -OCH3 is 1. The summed E-state index contributed by atoms with van der Waals surface area (Å²) in [6, 6.07) is 27.2. The second-order valence-corrected chi connectivity index (χ2v) is 11.8. The van der Waals surface area contributed by atoms with E-state index in [0.29, 0.717) is 33.6 Å². The van der Waals surface area contributed by atoms with Crippen LogP contribution in [-0.2, 0) is 9.59 Å². The van der Waals surface area contributed by atoms with Crippen LogP contribution in [0.15, 0.2) is 102 Å². The predicted octanol–water partition coefficient (Wildman–Crippen LogP) is 7.92. The number of halogens is 1. The quantitative estimate of drug-likeness (QED) is 0.116. The van der Waals surface area contributed by atoms with Gasteiger partial charge in [0.05, 0.1) is 18.6 Å². The largest absolute Gasteiger partial charge is 0.495 e. The minimum Gasteiger partial charge on any atom is -0.495 e. The third-order valence-electron chi connectivity index (χ3n) is 6.68. The van der Waals surface area contributed by atoms with Crippen LogP contribution in [0.3, 0.4) is 0 Å². The number of hydrogen-bond acceptors (Lipinski definition) is 5. The highest BCUT2D eigenvalue weighted by Gasteiger charge is 2.16. The molecule has 0 unspecified atom stereocenters. The molecule has 0 radical (unpaired) electrons. The van der Waals surface area contributed by atoms with Crippen LogP contribution >= 0.6 is 23.4 Å². The number of thioether (sulfide) groups is 1. The zero-order valence-corrected chi connectivity index (χ0v) is 26.5. The molecule has 44 heavy (non-hydrogen) atoms. The number of carbonyl (C=O) groups excluding carboxylic acids is 3. The van der Waals surface area contributed by atoms with E-state index >= 15 is 0 Å². The summed E-state index contributed by atoms with van der Waals surface area (Å²) in [4.78, 5) is 39.7. The van der Waals surface area contributed by atoms with E-state index in [1.54, 1.807) is 54.6 Å². The van der Waals surface area contributed by atoms with Gasteiger partial charge in [0.25, 0.3) is 11.8 Å². The van der Waals surface area contributed by atoms with Crippen molar-refractivity contribution >= 4 is 58.5 Å². The molecule has 7 nitrogen and oxygen atoms in total. The van der Waals surface area contributed by atoms with Crippen molar-refractivity contribution in [1.82, 2.24) is 5.32 Å². The van der Waals surface area contributed by atoms with E-state index in [1.807, 2.05) is 49.4 Å². The van der Waals surface area contributed by atoms with Crippen molar-refractivity contribution in [2.75, 3.05) is 23.5 Å². The van der Waals surface area contributed by atoms with Crippen molar-refractivity contribution in [1.29, 1.82) is 0 Å². The Labute approximate surface area is 267 Å². The number of amides is 3. The van der Waals surface area contributed by atoms with Crippen LogP contribution in [0.4, 0.5) is 11.4 Å². The Morgan fingerprint density at radius 2 is 1.59 bits per heavy atom. The van der Waals surface area contributed by atoms with E-state index in [9.17, 15) is 14.4 Å². The fraction of sp³-hybridized carbons (Fsp3) is 0.171. The zero-order chi connectivity index (χ0) is 31.6. The highest BCUT2D eigenvalue weighted by Crippen LogP contribution is 2.31. The molecule has 3 N–H and O–H groups in total. The fourth-order valence-electron chi connectivity index (χ4n) is 4.18. The number of anilines is 2. The molecule has 0 atom stereocenters. The molecule has 0 heterocycles. The van der Waals surface area contributed by atoms with Gasteiger partial charge >= 0.3 is 0 Å². The van der Waals surface area contributed by atoms with Crippen LogP contribution in [0, 0.1) is 6.92 Å². The van der Waals surface area contributed by atoms with Gasteiger partial charge in [-0.15, -0.1) is 11.8 Å². The van der Waals surface area contributed by atoms with Gasteiger partial charge < -0.3 is 20.7 Å². The lowest BCUT2D eigenvalue weighted by Crippen LogP contribution is -2.30. The number of aryl methyl sites for hydroxylation is 1. The molecule has 4 aromatic rings. The lowest BCUT2D eigenvalue weighted by atomic mass is 10.0. The minimum atomic E-state index is -0.464. The molecule has 0 saturated carbocycles. The van der Waals surface area contributed by atoms with Gasteiger partial charge in [-0.2, -0.15) is 0 Å². The molecule has 4 aromatic carbocycles. The summed E-state index contributed by atoms with van der Waals surface area (Å²) in [5, 5.41) is 9.05. The Morgan fingerprint density at radius 1 is 0.909 bits per heavy atom. The van der Waals surface area contributed by atoms with Gasteiger partial charge in [-0.25, -0.2) is 0 Å². The van der Waals surface area contributed by atoms with E-state index in [-0.39, 0.29) is 23.3 Å². The van der Waals surface area contributed by atoms with Crippen LogP contribution in [0.25, 0.3) is 6.08 Å². The van der Waals surface area contributed by atoms with Crippen LogP contribution in [0.5, 0.6) is 5.75 Å². The second-order valence-electron chi connectivity index (χ2n) is 10.3. The van der Waals surface area contributed by atoms with Crippen molar-refractivity contribution in [3.8, 4) is 5.75 Å². The van der Waals surface area contributed by atoms with E-state index in [2.05, 4.69) is 29.8 Å². The third kappa shape index (κ3) is 8.99. The zero-order valence-electron chi connectivity index (χ0n) is 24.9. The molecule has 9 heteroatoms. The average molecular weight is 628 g/mol.